The lowest BCUT2D eigenvalue weighted by molar-refractivity contribution is 0.102. The van der Waals surface area contributed by atoms with Crippen molar-refractivity contribution in [1.82, 2.24) is 24.8 Å². The number of nitrogens with one attached hydrogen (secondary N) is 1. The van der Waals surface area contributed by atoms with Gasteiger partial charge in [-0.15, -0.1) is 10.2 Å². The maximum Gasteiger partial charge on any atom is 0.279 e. The quantitative estimate of drug-likeness (QED) is 0.347. The van der Waals surface area contributed by atoms with Crippen molar-refractivity contribution < 1.29 is 4.79 Å². The van der Waals surface area contributed by atoms with E-state index in [0.717, 1.165) is 4.47 Å². The number of Topliss-reactive ketones (excluding diaryl/α,β-unsaturated/α-hetero) is 1. The van der Waals surface area contributed by atoms with E-state index >= 15 is 0 Å². The van der Waals surface area contributed by atoms with Crippen molar-refractivity contribution in [3.63, 3.8) is 0 Å². The molecule has 4 aromatic rings. The average molecular weight is 477 g/mol. The van der Waals surface area contributed by atoms with Crippen LogP contribution < -0.4 is 5.56 Å². The Bertz CT molecular complexity index is 1220. The maximum atomic E-state index is 12.4. The summed E-state index contributed by atoms with van der Waals surface area (Å²) in [5.41, 5.74) is 1.05. The lowest BCUT2D eigenvalue weighted by Crippen LogP contribution is -2.15. The first-order valence-corrected chi connectivity index (χ1v) is 10.2. The molecule has 7 nitrogen and oxygen atoms in total. The molecule has 0 atom stereocenters. The molecule has 0 spiro atoms. The van der Waals surface area contributed by atoms with Crippen molar-refractivity contribution >= 4 is 50.9 Å². The second-order valence-corrected chi connectivity index (χ2v) is 8.04. The number of aromatic amines is 1. The number of carbonyl (C=O) groups is 1. The number of ketones is 1. The number of thioether (sulfide) groups is 1. The Hall–Kier alpha value is -2.49. The molecule has 0 aliphatic carbocycles. The molecule has 0 bridgehead atoms. The van der Waals surface area contributed by atoms with Gasteiger partial charge in [-0.3, -0.25) is 14.6 Å². The van der Waals surface area contributed by atoms with Crippen LogP contribution in [0.3, 0.4) is 0 Å². The van der Waals surface area contributed by atoms with Crippen LogP contribution in [-0.2, 0) is 0 Å². The summed E-state index contributed by atoms with van der Waals surface area (Å²) in [7, 11) is 0. The molecule has 2 aromatic carbocycles. The molecule has 1 N–H and O–H groups in total. The molecule has 4 rings (SSSR count). The molecular formula is C18H11BrClN5O2S. The maximum absolute atomic E-state index is 12.4. The normalized spacial score (nSPS) is 11.1. The predicted molar refractivity (Wildman–Crippen MR) is 111 cm³/mol. The van der Waals surface area contributed by atoms with Gasteiger partial charge in [0, 0.05) is 20.6 Å². The average Bonchev–Trinajstić information content (AvgIpc) is 3.08. The van der Waals surface area contributed by atoms with Crippen LogP contribution in [0.4, 0.5) is 0 Å². The van der Waals surface area contributed by atoms with Crippen molar-refractivity contribution in [2.45, 2.75) is 5.16 Å². The fourth-order valence-electron chi connectivity index (χ4n) is 2.48. The van der Waals surface area contributed by atoms with Crippen molar-refractivity contribution in [2.75, 3.05) is 5.75 Å². The summed E-state index contributed by atoms with van der Waals surface area (Å²) in [6, 6.07) is 13.9. The highest BCUT2D eigenvalue weighted by Gasteiger charge is 2.15. The third-order valence-electron chi connectivity index (χ3n) is 3.87. The number of fused-ring (bicyclic) bond motifs is 1. The Kier molecular flexibility index (Phi) is 5.29. The highest BCUT2D eigenvalue weighted by molar-refractivity contribution is 9.10. The topological polar surface area (TPSA) is 93.0 Å². The molecule has 140 valence electrons. The van der Waals surface area contributed by atoms with Crippen molar-refractivity contribution in [3.05, 3.63) is 73.9 Å². The first kappa shape index (κ1) is 18.9. The number of aromatic nitrogens is 5. The van der Waals surface area contributed by atoms with E-state index in [9.17, 15) is 9.59 Å². The number of hydrogen-bond donors (Lipinski definition) is 1. The van der Waals surface area contributed by atoms with Crippen LogP contribution >= 0.6 is 39.3 Å². The van der Waals surface area contributed by atoms with E-state index in [1.54, 1.807) is 36.4 Å². The summed E-state index contributed by atoms with van der Waals surface area (Å²) in [5.74, 6) is 0.331. The lowest BCUT2D eigenvalue weighted by Gasteiger charge is -2.03. The molecule has 2 aromatic heterocycles. The van der Waals surface area contributed by atoms with Crippen LogP contribution in [0, 0.1) is 0 Å². The van der Waals surface area contributed by atoms with Crippen LogP contribution in [0.1, 0.15) is 10.4 Å². The van der Waals surface area contributed by atoms with Gasteiger partial charge in [-0.05, 0) is 24.3 Å². The van der Waals surface area contributed by atoms with E-state index in [4.69, 9.17) is 11.6 Å². The standard InChI is InChI=1S/C18H11BrClN5O2S/c19-12-5-1-10(2-6-12)14(26)9-28-18-23-22-17-21-16(27)15(24-25(17)18)11-3-7-13(20)8-4-11/h1-8H,9H2,(H,21,22,27). The number of H-pyrrole nitrogens is 1. The van der Waals surface area contributed by atoms with Crippen LogP contribution in [0.2, 0.25) is 5.02 Å². The summed E-state index contributed by atoms with van der Waals surface area (Å²) in [4.78, 5) is 27.3. The Morgan fingerprint density at radius 3 is 2.54 bits per heavy atom. The first-order valence-electron chi connectivity index (χ1n) is 8.04. The molecule has 0 aliphatic rings. The smallest absolute Gasteiger partial charge is 0.279 e. The minimum absolute atomic E-state index is 0.0448. The van der Waals surface area contributed by atoms with Gasteiger partial charge in [-0.25, -0.2) is 0 Å². The van der Waals surface area contributed by atoms with E-state index in [1.165, 1.54) is 16.3 Å². The minimum atomic E-state index is -0.385. The molecule has 10 heteroatoms. The Morgan fingerprint density at radius 2 is 1.82 bits per heavy atom. The molecule has 0 saturated heterocycles. The second kappa shape index (κ2) is 7.86. The second-order valence-electron chi connectivity index (χ2n) is 5.75. The number of rotatable bonds is 5. The predicted octanol–water partition coefficient (Wildman–Crippen LogP) is 3.87. The van der Waals surface area contributed by atoms with Crippen molar-refractivity contribution in [3.8, 4) is 11.3 Å². The van der Waals surface area contributed by atoms with Gasteiger partial charge in [0.05, 0.1) is 5.75 Å². The lowest BCUT2D eigenvalue weighted by atomic mass is 10.2. The first-order chi connectivity index (χ1) is 13.5. The highest BCUT2D eigenvalue weighted by atomic mass is 79.9. The van der Waals surface area contributed by atoms with Gasteiger partial charge in [0.1, 0.15) is 0 Å². The number of carbonyl (C=O) groups excluding carboxylic acids is 1. The SMILES string of the molecule is O=C(CSc1nnc2[nH]c(=O)c(-c3ccc(Cl)cc3)nn12)c1ccc(Br)cc1. The molecule has 28 heavy (non-hydrogen) atoms. The van der Waals surface area contributed by atoms with Crippen molar-refractivity contribution in [1.29, 1.82) is 0 Å². The molecule has 0 unspecified atom stereocenters. The van der Waals surface area contributed by atoms with Crippen LogP contribution in [0.5, 0.6) is 0 Å². The van der Waals surface area contributed by atoms with E-state index in [0.29, 0.717) is 21.3 Å². The molecular weight excluding hydrogens is 466 g/mol. The molecule has 0 fully saturated rings. The fourth-order valence-corrected chi connectivity index (χ4v) is 3.64. The number of hydrogen-bond acceptors (Lipinski definition) is 6. The van der Waals surface area contributed by atoms with Gasteiger partial charge >= 0.3 is 0 Å². The summed E-state index contributed by atoms with van der Waals surface area (Å²) in [6.07, 6.45) is 0. The number of halogens is 2. The molecule has 0 amide bonds. The van der Waals surface area contributed by atoms with Gasteiger partial charge in [-0.2, -0.15) is 9.61 Å². The van der Waals surface area contributed by atoms with E-state index in [-0.39, 0.29) is 28.6 Å². The van der Waals surface area contributed by atoms with Crippen molar-refractivity contribution in [2.24, 2.45) is 0 Å². The summed E-state index contributed by atoms with van der Waals surface area (Å²) in [5, 5.41) is 13.3. The third-order valence-corrected chi connectivity index (χ3v) is 5.57. The van der Waals surface area contributed by atoms with E-state index < -0.39 is 0 Å². The highest BCUT2D eigenvalue weighted by Crippen LogP contribution is 2.20. The number of benzene rings is 2. The zero-order valence-corrected chi connectivity index (χ0v) is 17.3. The van der Waals surface area contributed by atoms with E-state index in [1.807, 2.05) is 12.1 Å². The van der Waals surface area contributed by atoms with Gasteiger partial charge < -0.3 is 0 Å². The zero-order valence-electron chi connectivity index (χ0n) is 14.1. The number of nitrogens with zero attached hydrogens (tertiary/aromatic N) is 4. The van der Waals surface area contributed by atoms with Gasteiger partial charge in [0.2, 0.25) is 5.16 Å². The fraction of sp³-hybridized carbons (Fsp3) is 0.0556. The summed E-state index contributed by atoms with van der Waals surface area (Å²) < 4.78 is 2.33. The van der Waals surface area contributed by atoms with Gasteiger partial charge in [0.25, 0.3) is 11.3 Å². The molecule has 0 radical (unpaired) electrons. The molecule has 2 heterocycles. The van der Waals surface area contributed by atoms with Crippen LogP contribution in [0.25, 0.3) is 17.0 Å². The molecule has 0 saturated carbocycles. The Morgan fingerprint density at radius 1 is 1.11 bits per heavy atom. The van der Waals surface area contributed by atoms with E-state index in [2.05, 4.69) is 36.2 Å². The Balaban J connectivity index is 1.62. The largest absolute Gasteiger partial charge is 0.293 e. The van der Waals surface area contributed by atoms with Gasteiger partial charge in [0.15, 0.2) is 11.5 Å². The van der Waals surface area contributed by atoms with Crippen LogP contribution in [0.15, 0.2) is 63.0 Å². The van der Waals surface area contributed by atoms with Gasteiger partial charge in [-0.1, -0.05) is 63.6 Å². The minimum Gasteiger partial charge on any atom is -0.293 e. The Labute approximate surface area is 176 Å². The summed E-state index contributed by atoms with van der Waals surface area (Å²) in [6.45, 7) is 0. The van der Waals surface area contributed by atoms with Crippen LogP contribution in [-0.4, -0.2) is 36.3 Å². The third kappa shape index (κ3) is 3.87. The monoisotopic (exact) mass is 475 g/mol. The molecule has 0 aliphatic heterocycles. The summed E-state index contributed by atoms with van der Waals surface area (Å²) >= 11 is 10.4. The zero-order chi connectivity index (χ0) is 19.7.